The lowest BCUT2D eigenvalue weighted by Gasteiger charge is -2.25. The van der Waals surface area contributed by atoms with Crippen LogP contribution < -0.4 is 5.32 Å². The Hall–Kier alpha value is -2.60. The van der Waals surface area contributed by atoms with Gasteiger partial charge in [-0.1, -0.05) is 24.3 Å². The molecule has 1 aromatic carbocycles. The monoisotopic (exact) mass is 343 g/mol. The van der Waals surface area contributed by atoms with Gasteiger partial charge in [-0.2, -0.15) is 0 Å². The van der Waals surface area contributed by atoms with Gasteiger partial charge in [0.15, 0.2) is 5.76 Å². The van der Waals surface area contributed by atoms with Crippen molar-refractivity contribution in [2.24, 2.45) is 0 Å². The van der Waals surface area contributed by atoms with Crippen LogP contribution in [0.4, 0.5) is 0 Å². The van der Waals surface area contributed by atoms with Crippen molar-refractivity contribution in [3.8, 4) is 0 Å². The molecule has 0 spiro atoms. The van der Waals surface area contributed by atoms with Crippen molar-refractivity contribution in [3.05, 3.63) is 59.0 Å². The first kappa shape index (κ1) is 17.2. The van der Waals surface area contributed by atoms with Crippen molar-refractivity contribution in [1.82, 2.24) is 5.32 Å². The summed E-state index contributed by atoms with van der Waals surface area (Å²) in [6, 6.07) is 9.58. The van der Waals surface area contributed by atoms with Crippen LogP contribution in [0.15, 0.2) is 41.0 Å². The second-order valence-corrected chi connectivity index (χ2v) is 6.06. The molecule has 0 aliphatic heterocycles. The van der Waals surface area contributed by atoms with Crippen LogP contribution in [-0.4, -0.2) is 30.1 Å². The maximum absolute atomic E-state index is 11.9. The number of carbonyl (C=O) groups excluding carboxylic acids is 1. The number of rotatable bonds is 7. The molecule has 132 valence electrons. The highest BCUT2D eigenvalue weighted by Crippen LogP contribution is 2.32. The number of carbonyl (C=O) groups is 2. The summed E-state index contributed by atoms with van der Waals surface area (Å²) in [5.41, 5.74) is 2.60. The van der Waals surface area contributed by atoms with Crippen molar-refractivity contribution < 1.29 is 23.8 Å². The van der Waals surface area contributed by atoms with E-state index in [2.05, 4.69) is 23.5 Å². The molecule has 0 saturated carbocycles. The first-order valence-electron chi connectivity index (χ1n) is 8.44. The number of aryl methyl sites for hydroxylation is 1. The fourth-order valence-electron chi connectivity index (χ4n) is 3.04. The highest BCUT2D eigenvalue weighted by molar-refractivity contribution is 5.95. The highest BCUT2D eigenvalue weighted by atomic mass is 16.5. The summed E-state index contributed by atoms with van der Waals surface area (Å²) >= 11 is 0. The van der Waals surface area contributed by atoms with E-state index in [0.29, 0.717) is 19.6 Å². The smallest absolute Gasteiger partial charge is 0.338 e. The molecule has 2 aromatic rings. The van der Waals surface area contributed by atoms with Gasteiger partial charge in [-0.15, -0.1) is 0 Å². The number of hydrogen-bond donors (Lipinski definition) is 2. The largest absolute Gasteiger partial charge is 0.478 e. The number of fused-ring (bicyclic) bond motifs is 1. The number of carboxylic acids is 1. The van der Waals surface area contributed by atoms with Gasteiger partial charge in [-0.25, -0.2) is 4.79 Å². The molecule has 3 rings (SSSR count). The van der Waals surface area contributed by atoms with Gasteiger partial charge in [-0.05, 0) is 36.8 Å². The fraction of sp³-hybridized carbons (Fsp3) is 0.368. The summed E-state index contributed by atoms with van der Waals surface area (Å²) < 4.78 is 10.9. The van der Waals surface area contributed by atoms with E-state index in [1.807, 2.05) is 6.07 Å². The summed E-state index contributed by atoms with van der Waals surface area (Å²) in [7, 11) is 0. The summed E-state index contributed by atoms with van der Waals surface area (Å²) in [5, 5.41) is 11.5. The minimum Gasteiger partial charge on any atom is -0.478 e. The van der Waals surface area contributed by atoms with E-state index in [4.69, 9.17) is 14.3 Å². The van der Waals surface area contributed by atoms with Crippen molar-refractivity contribution in [2.75, 3.05) is 13.2 Å². The molecule has 1 heterocycles. The van der Waals surface area contributed by atoms with Crippen molar-refractivity contribution >= 4 is 11.9 Å². The minimum atomic E-state index is -1.12. The second-order valence-electron chi connectivity index (χ2n) is 6.06. The van der Waals surface area contributed by atoms with Gasteiger partial charge in [0.2, 0.25) is 0 Å². The Morgan fingerprint density at radius 2 is 2.16 bits per heavy atom. The molecule has 1 atom stereocenters. The van der Waals surface area contributed by atoms with E-state index in [-0.39, 0.29) is 17.4 Å². The minimum absolute atomic E-state index is 0.000439. The van der Waals surface area contributed by atoms with E-state index in [9.17, 15) is 9.59 Å². The van der Waals surface area contributed by atoms with Crippen molar-refractivity contribution in [1.29, 1.82) is 0 Å². The van der Waals surface area contributed by atoms with Crippen LogP contribution in [0.1, 0.15) is 57.4 Å². The highest BCUT2D eigenvalue weighted by Gasteiger charge is 2.20. The molecule has 0 radical (unpaired) electrons. The molecule has 6 nitrogen and oxygen atoms in total. The first-order chi connectivity index (χ1) is 12.1. The molecular formula is C19H21NO5. The van der Waals surface area contributed by atoms with Crippen LogP contribution in [-0.2, 0) is 11.2 Å². The molecule has 1 unspecified atom stereocenters. The predicted octanol–water partition coefficient (Wildman–Crippen LogP) is 3.19. The van der Waals surface area contributed by atoms with E-state index >= 15 is 0 Å². The maximum atomic E-state index is 11.9. The third kappa shape index (κ3) is 4.28. The molecule has 6 heteroatoms. The van der Waals surface area contributed by atoms with Crippen LogP contribution in [0.2, 0.25) is 0 Å². The molecule has 1 aliphatic carbocycles. The molecule has 2 N–H and O–H groups in total. The lowest BCUT2D eigenvalue weighted by molar-refractivity contribution is 0.0392. The van der Waals surface area contributed by atoms with Gasteiger partial charge in [-0.3, -0.25) is 4.79 Å². The van der Waals surface area contributed by atoms with Gasteiger partial charge in [0.05, 0.1) is 11.7 Å². The number of ether oxygens (including phenoxy) is 1. The molecule has 0 fully saturated rings. The number of benzene rings is 1. The number of carboxylic acid groups (broad SMARTS) is 1. The normalized spacial score (nSPS) is 16.2. The fourth-order valence-corrected chi connectivity index (χ4v) is 3.04. The van der Waals surface area contributed by atoms with E-state index in [1.54, 1.807) is 0 Å². The van der Waals surface area contributed by atoms with Crippen LogP contribution in [0.25, 0.3) is 0 Å². The van der Waals surface area contributed by atoms with Crippen LogP contribution in [0.3, 0.4) is 0 Å². The maximum Gasteiger partial charge on any atom is 0.338 e. The number of nitrogens with one attached hydrogen (secondary N) is 1. The Balaban J connectivity index is 1.40. The predicted molar refractivity (Wildman–Crippen MR) is 90.7 cm³/mol. The molecule has 1 aromatic heterocycles. The zero-order chi connectivity index (χ0) is 17.6. The number of aromatic carboxylic acids is 1. The van der Waals surface area contributed by atoms with Crippen molar-refractivity contribution in [3.63, 3.8) is 0 Å². The Labute approximate surface area is 145 Å². The Bertz CT molecular complexity index is 752. The van der Waals surface area contributed by atoms with Crippen LogP contribution >= 0.6 is 0 Å². The van der Waals surface area contributed by atoms with E-state index in [1.165, 1.54) is 17.2 Å². The van der Waals surface area contributed by atoms with Crippen LogP contribution in [0.5, 0.6) is 0 Å². The molecule has 1 aliphatic rings. The van der Waals surface area contributed by atoms with Gasteiger partial charge in [0.1, 0.15) is 6.26 Å². The number of hydrogen-bond acceptors (Lipinski definition) is 4. The van der Waals surface area contributed by atoms with Gasteiger partial charge in [0.25, 0.3) is 5.91 Å². The first-order valence-corrected chi connectivity index (χ1v) is 8.44. The third-order valence-corrected chi connectivity index (χ3v) is 4.31. The van der Waals surface area contributed by atoms with E-state index in [0.717, 1.165) is 25.5 Å². The number of amides is 1. The average Bonchev–Trinajstić information content (AvgIpc) is 3.12. The van der Waals surface area contributed by atoms with Crippen molar-refractivity contribution in [2.45, 2.75) is 31.8 Å². The molecule has 0 bridgehead atoms. The van der Waals surface area contributed by atoms with Gasteiger partial charge < -0.3 is 19.6 Å². The average molecular weight is 343 g/mol. The lowest BCUT2D eigenvalue weighted by atomic mass is 9.89. The zero-order valence-corrected chi connectivity index (χ0v) is 13.9. The van der Waals surface area contributed by atoms with Gasteiger partial charge >= 0.3 is 5.97 Å². The third-order valence-electron chi connectivity index (χ3n) is 4.31. The molecule has 0 saturated heterocycles. The standard InChI is InChI=1S/C19H21NO5/c21-18(17-11-14(12-25-17)19(22)23)20-9-4-10-24-16-8-3-6-13-5-1-2-7-15(13)16/h1-2,5,7,11-12,16H,3-4,6,8-10H2,(H,20,21)(H,22,23). The Morgan fingerprint density at radius 3 is 2.96 bits per heavy atom. The zero-order valence-electron chi connectivity index (χ0n) is 13.9. The topological polar surface area (TPSA) is 88.8 Å². The Kier molecular flexibility index (Phi) is 5.50. The Morgan fingerprint density at radius 1 is 1.32 bits per heavy atom. The summed E-state index contributed by atoms with van der Waals surface area (Å²) in [6.45, 7) is 0.994. The van der Waals surface area contributed by atoms with E-state index < -0.39 is 11.9 Å². The molecule has 1 amide bonds. The second kappa shape index (κ2) is 7.98. The SMILES string of the molecule is O=C(O)c1coc(C(=O)NCCCOC2CCCc3ccccc32)c1. The number of furan rings is 1. The summed E-state index contributed by atoms with van der Waals surface area (Å²) in [6.07, 6.45) is 5.12. The molecular weight excluding hydrogens is 322 g/mol. The lowest BCUT2D eigenvalue weighted by Crippen LogP contribution is -2.25. The van der Waals surface area contributed by atoms with Crippen LogP contribution in [0, 0.1) is 0 Å². The quantitative estimate of drug-likeness (QED) is 0.754. The summed E-state index contributed by atoms with van der Waals surface area (Å²) in [4.78, 5) is 22.6. The summed E-state index contributed by atoms with van der Waals surface area (Å²) in [5.74, 6) is -1.54. The molecule has 25 heavy (non-hydrogen) atoms. The van der Waals surface area contributed by atoms with Gasteiger partial charge in [0, 0.05) is 19.2 Å².